The SMILES string of the molecule is CN(CCCCCCCCCCN(C)Cc1ccc(F)cc1)CC1=CC2Cc3[nH]c(=O)ccc3C3(C1)NCCCC23. The number of allylic oxidation sites excluding steroid dienone is 1. The van der Waals surface area contributed by atoms with Gasteiger partial charge in [-0.15, -0.1) is 0 Å². The molecular formula is C35H51FN4O. The maximum Gasteiger partial charge on any atom is 0.248 e. The number of nitrogens with one attached hydrogen (secondary N) is 2. The first kappa shape index (κ1) is 30.2. The molecule has 2 N–H and O–H groups in total. The van der Waals surface area contributed by atoms with E-state index in [0.29, 0.717) is 11.8 Å². The molecule has 0 amide bonds. The minimum atomic E-state index is -0.162. The second-order valence-electron chi connectivity index (χ2n) is 13.2. The molecule has 2 bridgehead atoms. The Morgan fingerprint density at radius 2 is 1.54 bits per heavy atom. The Morgan fingerprint density at radius 1 is 0.878 bits per heavy atom. The number of aromatic nitrogens is 1. The molecule has 1 aromatic carbocycles. The zero-order chi connectivity index (χ0) is 28.7. The Kier molecular flexibility index (Phi) is 10.5. The van der Waals surface area contributed by atoms with Gasteiger partial charge in [-0.25, -0.2) is 4.39 Å². The van der Waals surface area contributed by atoms with Crippen LogP contribution in [-0.2, 0) is 18.5 Å². The van der Waals surface area contributed by atoms with Crippen LogP contribution in [0.4, 0.5) is 4.39 Å². The van der Waals surface area contributed by atoms with Gasteiger partial charge in [0.25, 0.3) is 0 Å². The highest BCUT2D eigenvalue weighted by atomic mass is 19.1. The number of pyridine rings is 1. The second kappa shape index (κ2) is 14.3. The topological polar surface area (TPSA) is 51.4 Å². The fourth-order valence-electron chi connectivity index (χ4n) is 7.88. The van der Waals surface area contributed by atoms with E-state index in [0.717, 1.165) is 51.3 Å². The Bertz CT molecular complexity index is 1210. The minimum Gasteiger partial charge on any atom is -0.326 e. The van der Waals surface area contributed by atoms with Gasteiger partial charge in [0.05, 0.1) is 5.54 Å². The lowest BCUT2D eigenvalue weighted by molar-refractivity contribution is 0.0853. The number of rotatable bonds is 15. The molecule has 2 heterocycles. The normalized spacial score (nSPS) is 23.4. The number of halogens is 1. The van der Waals surface area contributed by atoms with Crippen molar-refractivity contribution in [3.63, 3.8) is 0 Å². The van der Waals surface area contributed by atoms with Crippen LogP contribution in [-0.4, -0.2) is 55.1 Å². The van der Waals surface area contributed by atoms with Gasteiger partial charge in [-0.3, -0.25) is 4.79 Å². The van der Waals surface area contributed by atoms with Crippen LogP contribution in [0.5, 0.6) is 0 Å². The summed E-state index contributed by atoms with van der Waals surface area (Å²) in [5.74, 6) is 1.01. The first-order valence-electron chi connectivity index (χ1n) is 16.2. The Balaban J connectivity index is 0.951. The molecule has 2 aromatic rings. The van der Waals surface area contributed by atoms with Crippen LogP contribution in [0, 0.1) is 17.7 Å². The van der Waals surface area contributed by atoms with Gasteiger partial charge in [0.15, 0.2) is 0 Å². The van der Waals surface area contributed by atoms with Crippen LogP contribution in [0.15, 0.2) is 52.8 Å². The molecule has 3 unspecified atom stereocenters. The Hall–Kier alpha value is -2.28. The number of piperidine rings is 1. The molecular weight excluding hydrogens is 511 g/mol. The van der Waals surface area contributed by atoms with Gasteiger partial charge in [0.2, 0.25) is 5.56 Å². The van der Waals surface area contributed by atoms with E-state index >= 15 is 0 Å². The van der Waals surface area contributed by atoms with E-state index in [1.807, 2.05) is 12.1 Å². The summed E-state index contributed by atoms with van der Waals surface area (Å²) in [5, 5.41) is 3.95. The second-order valence-corrected chi connectivity index (χ2v) is 13.2. The van der Waals surface area contributed by atoms with E-state index in [2.05, 4.69) is 46.3 Å². The quantitative estimate of drug-likeness (QED) is 0.195. The monoisotopic (exact) mass is 562 g/mol. The third-order valence-corrected chi connectivity index (χ3v) is 9.83. The highest BCUT2D eigenvalue weighted by Crippen LogP contribution is 2.52. The van der Waals surface area contributed by atoms with Crippen LogP contribution in [0.1, 0.15) is 87.4 Å². The summed E-state index contributed by atoms with van der Waals surface area (Å²) in [6.45, 7) is 5.28. The zero-order valence-electron chi connectivity index (χ0n) is 25.4. The molecule has 1 saturated heterocycles. The number of nitrogens with zero attached hydrogens (tertiary/aromatic N) is 2. The zero-order valence-corrected chi connectivity index (χ0v) is 25.4. The summed E-state index contributed by atoms with van der Waals surface area (Å²) < 4.78 is 13.1. The minimum absolute atomic E-state index is 0.00361. The molecule has 3 aliphatic rings. The molecule has 1 fully saturated rings. The molecule has 224 valence electrons. The van der Waals surface area contributed by atoms with E-state index < -0.39 is 0 Å². The first-order valence-corrected chi connectivity index (χ1v) is 16.2. The maximum atomic E-state index is 13.1. The molecule has 41 heavy (non-hydrogen) atoms. The average molecular weight is 563 g/mol. The molecule has 1 aliphatic heterocycles. The molecule has 5 rings (SSSR count). The molecule has 1 aromatic heterocycles. The molecule has 0 saturated carbocycles. The lowest BCUT2D eigenvalue weighted by atomic mass is 9.57. The highest BCUT2D eigenvalue weighted by molar-refractivity contribution is 5.40. The molecule has 5 nitrogen and oxygen atoms in total. The van der Waals surface area contributed by atoms with Crippen molar-refractivity contribution < 1.29 is 4.39 Å². The summed E-state index contributed by atoms with van der Waals surface area (Å²) >= 11 is 0. The maximum absolute atomic E-state index is 13.1. The summed E-state index contributed by atoms with van der Waals surface area (Å²) in [7, 11) is 4.44. The van der Waals surface area contributed by atoms with Crippen molar-refractivity contribution in [2.24, 2.45) is 11.8 Å². The van der Waals surface area contributed by atoms with Crippen molar-refractivity contribution in [3.05, 3.63) is 81.0 Å². The largest absolute Gasteiger partial charge is 0.326 e. The van der Waals surface area contributed by atoms with Gasteiger partial charge in [-0.05, 0) is 113 Å². The fourth-order valence-corrected chi connectivity index (χ4v) is 7.88. The van der Waals surface area contributed by atoms with Crippen molar-refractivity contribution in [2.75, 3.05) is 40.3 Å². The molecule has 6 heteroatoms. The third-order valence-electron chi connectivity index (χ3n) is 9.83. The number of fused-ring (bicyclic) bond motifs is 1. The summed E-state index contributed by atoms with van der Waals surface area (Å²) in [6, 6.07) is 10.7. The van der Waals surface area contributed by atoms with Gasteiger partial charge in [0.1, 0.15) is 5.82 Å². The van der Waals surface area contributed by atoms with Crippen LogP contribution in [0.3, 0.4) is 0 Å². The van der Waals surface area contributed by atoms with Gasteiger partial charge < -0.3 is 20.1 Å². The van der Waals surface area contributed by atoms with Crippen LogP contribution in [0.25, 0.3) is 0 Å². The first-order chi connectivity index (χ1) is 19.9. The summed E-state index contributed by atoms with van der Waals surface area (Å²) in [4.78, 5) is 20.1. The highest BCUT2D eigenvalue weighted by Gasteiger charge is 2.51. The number of likely N-dealkylation sites (N-methyl/N-ethyl adjacent to an activating group) is 1. The number of benzene rings is 1. The van der Waals surface area contributed by atoms with Gasteiger partial charge in [0, 0.05) is 24.8 Å². The number of H-pyrrole nitrogens is 1. The van der Waals surface area contributed by atoms with Gasteiger partial charge in [-0.1, -0.05) is 62.3 Å². The lowest BCUT2D eigenvalue weighted by Crippen LogP contribution is -2.59. The smallest absolute Gasteiger partial charge is 0.248 e. The van der Waals surface area contributed by atoms with E-state index in [-0.39, 0.29) is 16.9 Å². The third kappa shape index (κ3) is 7.77. The molecule has 2 aliphatic carbocycles. The van der Waals surface area contributed by atoms with Crippen molar-refractivity contribution in [1.82, 2.24) is 20.1 Å². The van der Waals surface area contributed by atoms with Crippen LogP contribution >= 0.6 is 0 Å². The molecule has 0 spiro atoms. The molecule has 0 radical (unpaired) electrons. The van der Waals surface area contributed by atoms with Crippen molar-refractivity contribution in [1.29, 1.82) is 0 Å². The lowest BCUT2D eigenvalue weighted by Gasteiger charge is -2.55. The molecule has 3 atom stereocenters. The van der Waals surface area contributed by atoms with E-state index in [1.165, 1.54) is 75.3 Å². The van der Waals surface area contributed by atoms with Crippen molar-refractivity contribution >= 4 is 0 Å². The van der Waals surface area contributed by atoms with Gasteiger partial charge in [-0.2, -0.15) is 0 Å². The van der Waals surface area contributed by atoms with Crippen LogP contribution in [0.2, 0.25) is 0 Å². The number of hydrogen-bond donors (Lipinski definition) is 2. The fraction of sp³-hybridized carbons (Fsp3) is 0.629. The van der Waals surface area contributed by atoms with E-state index in [1.54, 1.807) is 23.8 Å². The Morgan fingerprint density at radius 3 is 2.24 bits per heavy atom. The standard InChI is InChI=1S/C35H51FN4O/c1-39(25-27-13-15-30(36)16-14-27)20-9-7-5-3-4-6-8-10-21-40(2)26-28-22-29-23-33-32(17-18-34(41)38-33)35(24-28)31(29)12-11-19-37-35/h13-18,22,29,31,37H,3-12,19-21,23-26H2,1-2H3,(H,38,41). The summed E-state index contributed by atoms with van der Waals surface area (Å²) in [5.41, 5.74) is 5.29. The van der Waals surface area contributed by atoms with Crippen molar-refractivity contribution in [2.45, 2.75) is 89.1 Å². The van der Waals surface area contributed by atoms with Crippen molar-refractivity contribution in [3.8, 4) is 0 Å². The van der Waals surface area contributed by atoms with Gasteiger partial charge >= 0.3 is 0 Å². The van der Waals surface area contributed by atoms with E-state index in [9.17, 15) is 9.18 Å². The summed E-state index contributed by atoms with van der Waals surface area (Å²) in [6.07, 6.45) is 17.6. The van der Waals surface area contributed by atoms with Crippen LogP contribution < -0.4 is 10.9 Å². The average Bonchev–Trinajstić information content (AvgIpc) is 2.95. The predicted octanol–water partition coefficient (Wildman–Crippen LogP) is 6.40. The number of unbranched alkanes of at least 4 members (excludes halogenated alkanes) is 7. The number of hydrogen-bond acceptors (Lipinski definition) is 4. The number of aromatic amines is 1. The van der Waals surface area contributed by atoms with E-state index in [4.69, 9.17) is 0 Å². The predicted molar refractivity (Wildman–Crippen MR) is 167 cm³/mol. The Labute approximate surface area is 246 Å².